The van der Waals surface area contributed by atoms with Crippen LogP contribution in [0.4, 0.5) is 11.5 Å². The molecule has 1 aliphatic heterocycles. The third-order valence-electron chi connectivity index (χ3n) is 4.92. The van der Waals surface area contributed by atoms with Gasteiger partial charge < -0.3 is 10.2 Å². The van der Waals surface area contributed by atoms with Crippen molar-refractivity contribution in [3.63, 3.8) is 0 Å². The number of aromatic nitrogens is 2. The highest BCUT2D eigenvalue weighted by Crippen LogP contribution is 2.46. The van der Waals surface area contributed by atoms with Crippen molar-refractivity contribution in [1.82, 2.24) is 14.9 Å². The predicted molar refractivity (Wildman–Crippen MR) is 89.2 cm³/mol. The molecule has 4 rings (SSSR count). The predicted octanol–water partition coefficient (Wildman–Crippen LogP) is 2.08. The van der Waals surface area contributed by atoms with E-state index in [0.29, 0.717) is 24.1 Å². The number of hydrogen-bond acceptors (Lipinski definition) is 5. The van der Waals surface area contributed by atoms with Crippen LogP contribution in [-0.2, 0) is 11.2 Å². The van der Waals surface area contributed by atoms with Crippen molar-refractivity contribution in [2.45, 2.75) is 18.9 Å². The average molecular weight is 332 g/mol. The lowest BCUT2D eigenvalue weighted by Gasteiger charge is -2.30. The minimum absolute atomic E-state index is 0.0192. The summed E-state index contributed by atoms with van der Waals surface area (Å²) < 4.78 is 0. The summed E-state index contributed by atoms with van der Waals surface area (Å²) in [6.07, 6.45) is 7.86. The summed E-state index contributed by atoms with van der Waals surface area (Å²) in [5.41, 5.74) is 1.58. The highest BCUT2D eigenvalue weighted by Gasteiger charge is 2.49. The second-order valence-electron chi connectivity index (χ2n) is 6.53. The van der Waals surface area contributed by atoms with Gasteiger partial charge >= 0.3 is 0 Å². The molecule has 2 heterocycles. The zero-order valence-electron chi connectivity index (χ0n) is 13.0. The quantitative estimate of drug-likeness (QED) is 0.680. The minimum atomic E-state index is -0.0743. The van der Waals surface area contributed by atoms with Gasteiger partial charge in [-0.2, -0.15) is 4.98 Å². The number of aliphatic imine (C=N–C) groups is 1. The molecule has 0 radical (unpaired) electrons. The third-order valence-corrected chi connectivity index (χ3v) is 5.09. The maximum atomic E-state index is 12.6. The summed E-state index contributed by atoms with van der Waals surface area (Å²) in [6, 6.07) is 0.0192. The van der Waals surface area contributed by atoms with Gasteiger partial charge in [0.25, 0.3) is 0 Å². The average Bonchev–Trinajstić information content (AvgIpc) is 3.20. The SMILES string of the molecule is CN(C)C(=O)C1C2C=CC(C2)C1Nc1nc(Cl)nc2c1N=CC2. The van der Waals surface area contributed by atoms with Crippen LogP contribution in [0.2, 0.25) is 5.28 Å². The van der Waals surface area contributed by atoms with Gasteiger partial charge in [-0.05, 0) is 29.9 Å². The van der Waals surface area contributed by atoms with Gasteiger partial charge in [-0.3, -0.25) is 9.79 Å². The van der Waals surface area contributed by atoms with Crippen LogP contribution in [0.15, 0.2) is 17.1 Å². The molecule has 120 valence electrons. The van der Waals surface area contributed by atoms with Crippen molar-refractivity contribution in [3.8, 4) is 0 Å². The molecule has 23 heavy (non-hydrogen) atoms. The molecule has 4 unspecified atom stereocenters. The van der Waals surface area contributed by atoms with Crippen LogP contribution in [0.25, 0.3) is 0 Å². The van der Waals surface area contributed by atoms with Crippen molar-refractivity contribution in [2.24, 2.45) is 22.7 Å². The van der Waals surface area contributed by atoms with Crippen LogP contribution in [0, 0.1) is 17.8 Å². The highest BCUT2D eigenvalue weighted by molar-refractivity contribution is 6.28. The number of amides is 1. The molecule has 0 spiro atoms. The fourth-order valence-electron chi connectivity index (χ4n) is 3.88. The standard InChI is InChI=1S/C16H18ClN5O/c1-22(2)15(23)11-8-3-4-9(7-8)12(11)20-14-13-10(5-6-18-13)19-16(17)21-14/h3-4,6,8-9,11-12H,5,7H2,1-2H3,(H,19,20,21). The number of hydrogen-bond donors (Lipinski definition) is 1. The van der Waals surface area contributed by atoms with Gasteiger partial charge in [0.15, 0.2) is 5.82 Å². The van der Waals surface area contributed by atoms with Crippen LogP contribution < -0.4 is 5.32 Å². The number of nitrogens with zero attached hydrogens (tertiary/aromatic N) is 4. The molecular weight excluding hydrogens is 314 g/mol. The molecule has 1 saturated carbocycles. The van der Waals surface area contributed by atoms with Crippen LogP contribution in [-0.4, -0.2) is 47.1 Å². The number of rotatable bonds is 3. The number of carbonyl (C=O) groups excluding carboxylic acids is 1. The molecule has 0 saturated heterocycles. The van der Waals surface area contributed by atoms with Crippen LogP contribution in [0.1, 0.15) is 12.1 Å². The summed E-state index contributed by atoms with van der Waals surface area (Å²) >= 11 is 6.04. The Balaban J connectivity index is 1.67. The lowest BCUT2D eigenvalue weighted by Crippen LogP contribution is -2.43. The van der Waals surface area contributed by atoms with Gasteiger partial charge in [0.2, 0.25) is 11.2 Å². The second-order valence-corrected chi connectivity index (χ2v) is 6.87. The van der Waals surface area contributed by atoms with Gasteiger partial charge in [0.1, 0.15) is 5.69 Å². The Hall–Kier alpha value is -1.95. The number of halogens is 1. The Morgan fingerprint density at radius 3 is 2.87 bits per heavy atom. The molecule has 4 atom stereocenters. The Morgan fingerprint density at radius 1 is 1.30 bits per heavy atom. The zero-order chi connectivity index (χ0) is 16.1. The van der Waals surface area contributed by atoms with Gasteiger partial charge in [0, 0.05) is 32.8 Å². The molecular formula is C16H18ClN5O. The van der Waals surface area contributed by atoms with Gasteiger partial charge in [0.05, 0.1) is 11.6 Å². The maximum absolute atomic E-state index is 12.6. The lowest BCUT2D eigenvalue weighted by molar-refractivity contribution is -0.133. The lowest BCUT2D eigenvalue weighted by atomic mass is 9.87. The molecule has 6 nitrogen and oxygen atoms in total. The fourth-order valence-corrected chi connectivity index (χ4v) is 4.07. The van der Waals surface area contributed by atoms with E-state index in [2.05, 4.69) is 32.4 Å². The minimum Gasteiger partial charge on any atom is -0.364 e. The zero-order valence-corrected chi connectivity index (χ0v) is 13.8. The summed E-state index contributed by atoms with van der Waals surface area (Å²) in [5, 5.41) is 3.67. The number of nitrogens with one attached hydrogen (secondary N) is 1. The molecule has 0 aromatic carbocycles. The number of anilines is 1. The Bertz CT molecular complexity index is 729. The Morgan fingerprint density at radius 2 is 2.09 bits per heavy atom. The van der Waals surface area contributed by atoms with Crippen LogP contribution in [0.3, 0.4) is 0 Å². The second kappa shape index (κ2) is 5.30. The first-order valence-corrected chi connectivity index (χ1v) is 8.17. The first-order valence-electron chi connectivity index (χ1n) is 7.79. The van der Waals surface area contributed by atoms with E-state index in [1.54, 1.807) is 19.0 Å². The fraction of sp³-hybridized carbons (Fsp3) is 0.500. The first kappa shape index (κ1) is 14.6. The van der Waals surface area contributed by atoms with Gasteiger partial charge in [-0.25, -0.2) is 4.98 Å². The highest BCUT2D eigenvalue weighted by atomic mass is 35.5. The summed E-state index contributed by atoms with van der Waals surface area (Å²) in [7, 11) is 3.61. The molecule has 2 bridgehead atoms. The van der Waals surface area contributed by atoms with Gasteiger partial charge in [-0.15, -0.1) is 0 Å². The number of allylic oxidation sites excluding steroid dienone is 1. The van der Waals surface area contributed by atoms with E-state index in [9.17, 15) is 4.79 Å². The van der Waals surface area contributed by atoms with Crippen molar-refractivity contribution < 1.29 is 4.79 Å². The molecule has 1 aromatic heterocycles. The number of fused-ring (bicyclic) bond motifs is 3. The topological polar surface area (TPSA) is 70.5 Å². The van der Waals surface area contributed by atoms with Gasteiger partial charge in [-0.1, -0.05) is 12.2 Å². The van der Waals surface area contributed by atoms with E-state index in [4.69, 9.17) is 11.6 Å². The monoisotopic (exact) mass is 331 g/mol. The van der Waals surface area contributed by atoms with E-state index in [-0.39, 0.29) is 23.2 Å². The molecule has 1 N–H and O–H groups in total. The van der Waals surface area contributed by atoms with E-state index in [1.165, 1.54) is 0 Å². The van der Waals surface area contributed by atoms with E-state index in [1.807, 2.05) is 6.21 Å². The van der Waals surface area contributed by atoms with E-state index >= 15 is 0 Å². The normalized spacial score (nSPS) is 29.9. The molecule has 3 aliphatic rings. The van der Waals surface area contributed by atoms with Crippen molar-refractivity contribution >= 4 is 35.2 Å². The summed E-state index contributed by atoms with van der Waals surface area (Å²) in [5.74, 6) is 1.34. The summed E-state index contributed by atoms with van der Waals surface area (Å²) in [4.78, 5) is 27.2. The Labute approximate surface area is 139 Å². The van der Waals surface area contributed by atoms with E-state index in [0.717, 1.165) is 17.8 Å². The first-order chi connectivity index (χ1) is 11.0. The smallest absolute Gasteiger partial charge is 0.227 e. The van der Waals surface area contributed by atoms with Crippen molar-refractivity contribution in [1.29, 1.82) is 0 Å². The van der Waals surface area contributed by atoms with Crippen LogP contribution >= 0.6 is 11.6 Å². The molecule has 1 fully saturated rings. The molecule has 2 aliphatic carbocycles. The van der Waals surface area contributed by atoms with E-state index < -0.39 is 0 Å². The number of carbonyl (C=O) groups is 1. The largest absolute Gasteiger partial charge is 0.364 e. The maximum Gasteiger partial charge on any atom is 0.227 e. The molecule has 7 heteroatoms. The summed E-state index contributed by atoms with van der Waals surface area (Å²) in [6.45, 7) is 0. The Kier molecular flexibility index (Phi) is 3.37. The third kappa shape index (κ3) is 2.32. The molecule has 1 amide bonds. The van der Waals surface area contributed by atoms with Crippen molar-refractivity contribution in [2.75, 3.05) is 19.4 Å². The van der Waals surface area contributed by atoms with Crippen molar-refractivity contribution in [3.05, 3.63) is 23.1 Å². The van der Waals surface area contributed by atoms with Crippen LogP contribution in [0.5, 0.6) is 0 Å². The molecule has 1 aromatic rings.